The Morgan fingerprint density at radius 1 is 1.10 bits per heavy atom. The molecule has 3 rings (SSSR count). The lowest BCUT2D eigenvalue weighted by Crippen LogP contribution is -2.18. The Bertz CT molecular complexity index is 591. The summed E-state index contributed by atoms with van der Waals surface area (Å²) in [5, 5.41) is 13.5. The van der Waals surface area contributed by atoms with E-state index in [1.807, 2.05) is 25.1 Å². The molecule has 2 heteroatoms. The van der Waals surface area contributed by atoms with Crippen LogP contribution in [0.3, 0.4) is 0 Å². The van der Waals surface area contributed by atoms with Crippen molar-refractivity contribution in [2.75, 3.05) is 5.32 Å². The van der Waals surface area contributed by atoms with Crippen LogP contribution in [0, 0.1) is 0 Å². The summed E-state index contributed by atoms with van der Waals surface area (Å²) in [4.78, 5) is 0. The standard InChI is InChI=1S/C18H21NO/c1-13(20)15-9-4-5-11-17(15)19-18-12-6-8-14-7-2-3-10-16(14)18/h2-5,7,9-11,13,18-20H,6,8,12H2,1H3. The van der Waals surface area contributed by atoms with Gasteiger partial charge in [0.15, 0.2) is 0 Å². The number of aliphatic hydroxyl groups excluding tert-OH is 1. The van der Waals surface area contributed by atoms with Crippen LogP contribution in [0.25, 0.3) is 0 Å². The first-order valence-corrected chi connectivity index (χ1v) is 7.37. The molecule has 0 fully saturated rings. The summed E-state index contributed by atoms with van der Waals surface area (Å²) < 4.78 is 0. The van der Waals surface area contributed by atoms with E-state index in [4.69, 9.17) is 0 Å². The average Bonchev–Trinajstić information content (AvgIpc) is 2.48. The largest absolute Gasteiger partial charge is 0.389 e. The molecule has 0 bridgehead atoms. The monoisotopic (exact) mass is 267 g/mol. The van der Waals surface area contributed by atoms with Crippen molar-refractivity contribution >= 4 is 5.69 Å². The summed E-state index contributed by atoms with van der Waals surface area (Å²) in [5.41, 5.74) is 4.87. The van der Waals surface area contributed by atoms with Crippen molar-refractivity contribution in [1.82, 2.24) is 0 Å². The number of anilines is 1. The fourth-order valence-corrected chi connectivity index (χ4v) is 3.08. The predicted octanol–water partition coefficient (Wildman–Crippen LogP) is 4.23. The lowest BCUT2D eigenvalue weighted by atomic mass is 9.87. The normalized spacial score (nSPS) is 19.2. The van der Waals surface area contributed by atoms with Gasteiger partial charge < -0.3 is 10.4 Å². The summed E-state index contributed by atoms with van der Waals surface area (Å²) in [6.45, 7) is 1.81. The van der Waals surface area contributed by atoms with Gasteiger partial charge in [-0.1, -0.05) is 42.5 Å². The number of aliphatic hydroxyl groups is 1. The van der Waals surface area contributed by atoms with Crippen molar-refractivity contribution in [2.24, 2.45) is 0 Å². The first kappa shape index (κ1) is 13.2. The van der Waals surface area contributed by atoms with Crippen LogP contribution < -0.4 is 5.32 Å². The quantitative estimate of drug-likeness (QED) is 0.872. The molecule has 0 heterocycles. The van der Waals surface area contributed by atoms with Crippen LogP contribution in [-0.4, -0.2) is 5.11 Å². The van der Waals surface area contributed by atoms with Gasteiger partial charge in [-0.25, -0.2) is 0 Å². The van der Waals surface area contributed by atoms with Crippen LogP contribution in [0.1, 0.15) is 48.6 Å². The lowest BCUT2D eigenvalue weighted by Gasteiger charge is -2.28. The number of nitrogens with one attached hydrogen (secondary N) is 1. The first-order valence-electron chi connectivity index (χ1n) is 7.37. The average molecular weight is 267 g/mol. The molecular formula is C18H21NO. The van der Waals surface area contributed by atoms with Gasteiger partial charge in [-0.3, -0.25) is 0 Å². The second kappa shape index (κ2) is 5.68. The minimum atomic E-state index is -0.447. The highest BCUT2D eigenvalue weighted by atomic mass is 16.3. The smallest absolute Gasteiger partial charge is 0.0781 e. The summed E-state index contributed by atoms with van der Waals surface area (Å²) in [5.74, 6) is 0. The number of para-hydroxylation sites is 1. The van der Waals surface area contributed by atoms with Crippen molar-refractivity contribution in [3.05, 3.63) is 65.2 Å². The summed E-state index contributed by atoms with van der Waals surface area (Å²) in [7, 11) is 0. The molecule has 104 valence electrons. The second-order valence-electron chi connectivity index (χ2n) is 5.55. The van der Waals surface area contributed by atoms with E-state index in [-0.39, 0.29) is 0 Å². The highest BCUT2D eigenvalue weighted by Gasteiger charge is 2.20. The Hall–Kier alpha value is -1.80. The topological polar surface area (TPSA) is 32.3 Å². The number of benzene rings is 2. The molecule has 2 unspecified atom stereocenters. The minimum Gasteiger partial charge on any atom is -0.389 e. The molecule has 2 nitrogen and oxygen atoms in total. The van der Waals surface area contributed by atoms with Crippen molar-refractivity contribution in [1.29, 1.82) is 0 Å². The van der Waals surface area contributed by atoms with Crippen molar-refractivity contribution in [2.45, 2.75) is 38.3 Å². The van der Waals surface area contributed by atoms with E-state index in [0.29, 0.717) is 6.04 Å². The van der Waals surface area contributed by atoms with Gasteiger partial charge in [-0.15, -0.1) is 0 Å². The highest BCUT2D eigenvalue weighted by molar-refractivity contribution is 5.54. The molecule has 0 aliphatic heterocycles. The van der Waals surface area contributed by atoms with E-state index in [2.05, 4.69) is 35.6 Å². The van der Waals surface area contributed by atoms with Gasteiger partial charge in [-0.05, 0) is 43.4 Å². The SMILES string of the molecule is CC(O)c1ccccc1NC1CCCc2ccccc21. The first-order chi connectivity index (χ1) is 9.75. The molecule has 1 aliphatic carbocycles. The van der Waals surface area contributed by atoms with Crippen LogP contribution >= 0.6 is 0 Å². The Morgan fingerprint density at radius 3 is 2.70 bits per heavy atom. The van der Waals surface area contributed by atoms with E-state index in [1.54, 1.807) is 0 Å². The molecule has 0 saturated heterocycles. The molecule has 2 aromatic carbocycles. The molecule has 0 saturated carbocycles. The molecule has 0 aromatic heterocycles. The maximum Gasteiger partial charge on any atom is 0.0781 e. The van der Waals surface area contributed by atoms with Gasteiger partial charge in [-0.2, -0.15) is 0 Å². The minimum absolute atomic E-state index is 0.347. The van der Waals surface area contributed by atoms with E-state index < -0.39 is 6.10 Å². The molecule has 2 aromatic rings. The third kappa shape index (κ3) is 2.56. The zero-order valence-electron chi connectivity index (χ0n) is 11.8. The lowest BCUT2D eigenvalue weighted by molar-refractivity contribution is 0.200. The zero-order chi connectivity index (χ0) is 13.9. The molecule has 0 radical (unpaired) electrons. The van der Waals surface area contributed by atoms with Gasteiger partial charge in [0, 0.05) is 11.3 Å². The van der Waals surface area contributed by atoms with Crippen LogP contribution in [0.4, 0.5) is 5.69 Å². The summed E-state index contributed by atoms with van der Waals surface area (Å²) in [6, 6.07) is 17.1. The van der Waals surface area contributed by atoms with Gasteiger partial charge in [0.2, 0.25) is 0 Å². The summed E-state index contributed by atoms with van der Waals surface area (Å²) in [6.07, 6.45) is 3.08. The van der Waals surface area contributed by atoms with Gasteiger partial charge in [0.05, 0.1) is 12.1 Å². The van der Waals surface area contributed by atoms with E-state index in [1.165, 1.54) is 24.0 Å². The van der Waals surface area contributed by atoms with Crippen LogP contribution in [0.15, 0.2) is 48.5 Å². The van der Waals surface area contributed by atoms with Crippen molar-refractivity contribution in [3.8, 4) is 0 Å². The highest BCUT2D eigenvalue weighted by Crippen LogP contribution is 2.34. The van der Waals surface area contributed by atoms with Crippen molar-refractivity contribution < 1.29 is 5.11 Å². The van der Waals surface area contributed by atoms with Crippen molar-refractivity contribution in [3.63, 3.8) is 0 Å². The third-order valence-corrected chi connectivity index (χ3v) is 4.11. The Morgan fingerprint density at radius 2 is 1.85 bits per heavy atom. The second-order valence-corrected chi connectivity index (χ2v) is 5.55. The molecular weight excluding hydrogens is 246 g/mol. The Labute approximate surface area is 120 Å². The molecule has 0 spiro atoms. The van der Waals surface area contributed by atoms with E-state index in [0.717, 1.165) is 17.7 Å². The van der Waals surface area contributed by atoms with Gasteiger partial charge >= 0.3 is 0 Å². The predicted molar refractivity (Wildman–Crippen MR) is 82.8 cm³/mol. The fraction of sp³-hybridized carbons (Fsp3) is 0.333. The van der Waals surface area contributed by atoms with E-state index in [9.17, 15) is 5.11 Å². The number of aryl methyl sites for hydroxylation is 1. The number of rotatable bonds is 3. The molecule has 2 N–H and O–H groups in total. The molecule has 1 aliphatic rings. The molecule has 0 amide bonds. The molecule has 20 heavy (non-hydrogen) atoms. The van der Waals surface area contributed by atoms with Gasteiger partial charge in [0.25, 0.3) is 0 Å². The Balaban J connectivity index is 1.90. The Kier molecular flexibility index (Phi) is 3.75. The van der Waals surface area contributed by atoms with Crippen LogP contribution in [0.2, 0.25) is 0 Å². The summed E-state index contributed by atoms with van der Waals surface area (Å²) >= 11 is 0. The van der Waals surface area contributed by atoms with Crippen LogP contribution in [-0.2, 0) is 6.42 Å². The fourth-order valence-electron chi connectivity index (χ4n) is 3.08. The molecule has 2 atom stereocenters. The number of fused-ring (bicyclic) bond motifs is 1. The number of hydrogen-bond acceptors (Lipinski definition) is 2. The third-order valence-electron chi connectivity index (χ3n) is 4.11. The zero-order valence-corrected chi connectivity index (χ0v) is 11.8. The maximum absolute atomic E-state index is 9.89. The van der Waals surface area contributed by atoms with Gasteiger partial charge in [0.1, 0.15) is 0 Å². The maximum atomic E-state index is 9.89. The van der Waals surface area contributed by atoms with E-state index >= 15 is 0 Å². The van der Waals surface area contributed by atoms with Crippen LogP contribution in [0.5, 0.6) is 0 Å². The number of hydrogen-bond donors (Lipinski definition) is 2.